The number of hydrogen-bond acceptors (Lipinski definition) is 3. The van der Waals surface area contributed by atoms with Crippen molar-refractivity contribution < 1.29 is 18.7 Å². The second-order valence-electron chi connectivity index (χ2n) is 8.36. The number of rotatable bonds is 3. The fourth-order valence-corrected chi connectivity index (χ4v) is 4.72. The molecule has 168 valence electrons. The van der Waals surface area contributed by atoms with E-state index >= 15 is 0 Å². The van der Waals surface area contributed by atoms with Crippen molar-refractivity contribution in [3.05, 3.63) is 88.7 Å². The number of urea groups is 1. The number of hydrogen-bond donors (Lipinski definition) is 2. The first-order valence-electron chi connectivity index (χ1n) is 10.5. The SMILES string of the molecule is Cc1ccc(N2C(=O)N[C@H]3c4ccccc4O[C@@]2(C)[C@H]3C(=O)Nc2ccc(Cl)cc2)cc1F. The highest BCUT2D eigenvalue weighted by atomic mass is 35.5. The molecule has 0 saturated carbocycles. The van der Waals surface area contributed by atoms with Crippen LogP contribution in [-0.4, -0.2) is 17.7 Å². The molecular formula is C25H21ClFN3O3. The lowest BCUT2D eigenvalue weighted by Gasteiger charge is -2.54. The van der Waals surface area contributed by atoms with Crippen molar-refractivity contribution in [3.8, 4) is 5.75 Å². The van der Waals surface area contributed by atoms with E-state index in [4.69, 9.17) is 16.3 Å². The van der Waals surface area contributed by atoms with Gasteiger partial charge >= 0.3 is 6.03 Å². The third-order valence-corrected chi connectivity index (χ3v) is 6.47. The van der Waals surface area contributed by atoms with Crippen molar-refractivity contribution in [1.82, 2.24) is 5.32 Å². The normalized spacial score (nSPS) is 23.3. The van der Waals surface area contributed by atoms with Crippen LogP contribution in [-0.2, 0) is 4.79 Å². The van der Waals surface area contributed by atoms with Crippen LogP contribution in [0.5, 0.6) is 5.75 Å². The quantitative estimate of drug-likeness (QED) is 0.542. The molecule has 0 aliphatic carbocycles. The minimum absolute atomic E-state index is 0.292. The largest absolute Gasteiger partial charge is 0.466 e. The third-order valence-electron chi connectivity index (χ3n) is 6.21. The molecule has 3 aromatic rings. The molecule has 1 fully saturated rings. The highest BCUT2D eigenvalue weighted by molar-refractivity contribution is 6.30. The molecule has 3 atom stereocenters. The molecule has 5 rings (SSSR count). The van der Waals surface area contributed by atoms with Crippen molar-refractivity contribution in [1.29, 1.82) is 0 Å². The van der Waals surface area contributed by atoms with Crippen molar-refractivity contribution in [2.24, 2.45) is 5.92 Å². The van der Waals surface area contributed by atoms with Gasteiger partial charge in [-0.2, -0.15) is 0 Å². The zero-order valence-corrected chi connectivity index (χ0v) is 18.7. The number of fused-ring (bicyclic) bond motifs is 4. The van der Waals surface area contributed by atoms with Crippen molar-refractivity contribution in [3.63, 3.8) is 0 Å². The second kappa shape index (κ2) is 7.78. The molecule has 2 aliphatic heterocycles. The number of benzene rings is 3. The van der Waals surface area contributed by atoms with Crippen LogP contribution in [0.2, 0.25) is 5.02 Å². The summed E-state index contributed by atoms with van der Waals surface area (Å²) in [7, 11) is 0. The van der Waals surface area contributed by atoms with Gasteiger partial charge < -0.3 is 15.4 Å². The van der Waals surface area contributed by atoms with Crippen LogP contribution in [0.4, 0.5) is 20.6 Å². The van der Waals surface area contributed by atoms with Crippen LogP contribution in [0.3, 0.4) is 0 Å². The first-order valence-corrected chi connectivity index (χ1v) is 10.9. The van der Waals surface area contributed by atoms with E-state index in [1.54, 1.807) is 56.3 Å². The molecule has 33 heavy (non-hydrogen) atoms. The predicted octanol–water partition coefficient (Wildman–Crippen LogP) is 5.42. The summed E-state index contributed by atoms with van der Waals surface area (Å²) in [6.45, 7) is 3.32. The number of aryl methyl sites for hydroxylation is 1. The first kappa shape index (κ1) is 21.3. The Morgan fingerprint density at radius 2 is 1.88 bits per heavy atom. The molecule has 2 N–H and O–H groups in total. The fraction of sp³-hybridized carbons (Fsp3) is 0.200. The maximum atomic E-state index is 14.4. The number of ether oxygens (including phenoxy) is 1. The molecule has 0 aromatic heterocycles. The maximum Gasteiger partial charge on any atom is 0.325 e. The van der Waals surface area contributed by atoms with Crippen LogP contribution in [0, 0.1) is 18.7 Å². The third kappa shape index (κ3) is 3.49. The van der Waals surface area contributed by atoms with E-state index in [-0.39, 0.29) is 5.91 Å². The summed E-state index contributed by atoms with van der Waals surface area (Å²) in [4.78, 5) is 28.2. The molecule has 2 heterocycles. The monoisotopic (exact) mass is 465 g/mol. The Kier molecular flexibility index (Phi) is 5.01. The Hall–Kier alpha value is -3.58. The molecule has 8 heteroatoms. The number of carbonyl (C=O) groups is 2. The molecule has 0 spiro atoms. The first-order chi connectivity index (χ1) is 15.8. The van der Waals surface area contributed by atoms with E-state index in [2.05, 4.69) is 10.6 Å². The number of carbonyl (C=O) groups excluding carboxylic acids is 2. The molecule has 1 saturated heterocycles. The Morgan fingerprint density at radius 3 is 2.61 bits per heavy atom. The highest BCUT2D eigenvalue weighted by Gasteiger charge is 2.60. The molecular weight excluding hydrogens is 445 g/mol. The Morgan fingerprint density at radius 1 is 1.15 bits per heavy atom. The summed E-state index contributed by atoms with van der Waals surface area (Å²) in [6, 6.07) is 17.4. The topological polar surface area (TPSA) is 70.7 Å². The van der Waals surface area contributed by atoms with Gasteiger partial charge in [0.25, 0.3) is 0 Å². The van der Waals surface area contributed by atoms with Crippen molar-refractivity contribution in [2.45, 2.75) is 25.6 Å². The van der Waals surface area contributed by atoms with Gasteiger partial charge in [0.1, 0.15) is 17.5 Å². The van der Waals surface area contributed by atoms with E-state index in [9.17, 15) is 14.0 Å². The lowest BCUT2D eigenvalue weighted by molar-refractivity contribution is -0.131. The number of halogens is 2. The Balaban J connectivity index is 1.61. The Bertz CT molecular complexity index is 1270. The van der Waals surface area contributed by atoms with Crippen LogP contribution in [0.1, 0.15) is 24.1 Å². The summed E-state index contributed by atoms with van der Waals surface area (Å²) in [5.74, 6) is -1.09. The predicted molar refractivity (Wildman–Crippen MR) is 124 cm³/mol. The molecule has 3 amide bonds. The molecule has 0 radical (unpaired) electrons. The van der Waals surface area contributed by atoms with Gasteiger partial charge in [0.2, 0.25) is 11.6 Å². The minimum Gasteiger partial charge on any atom is -0.466 e. The van der Waals surface area contributed by atoms with Gasteiger partial charge in [0.05, 0.1) is 11.7 Å². The number of anilines is 2. The average Bonchev–Trinajstić information content (AvgIpc) is 2.77. The van der Waals surface area contributed by atoms with Crippen molar-refractivity contribution >= 4 is 34.9 Å². The van der Waals surface area contributed by atoms with Crippen LogP contribution in [0.15, 0.2) is 66.7 Å². The van der Waals surface area contributed by atoms with Gasteiger partial charge in [-0.05, 0) is 61.9 Å². The van der Waals surface area contributed by atoms with E-state index in [0.717, 1.165) is 0 Å². The highest BCUT2D eigenvalue weighted by Crippen LogP contribution is 2.49. The molecule has 2 bridgehead atoms. The standard InChI is InChI=1S/C25H21ClFN3O3/c1-14-7-12-17(13-19(14)27)30-24(32)29-22-18-5-3-4-6-20(18)33-25(30,2)21(22)23(31)28-16-10-8-15(26)9-11-16/h3-13,21-22H,1-2H3,(H,28,31)(H,29,32)/t21-,22+,25+/m1/s1. The fourth-order valence-electron chi connectivity index (χ4n) is 4.59. The van der Waals surface area contributed by atoms with Gasteiger partial charge in [0, 0.05) is 16.3 Å². The summed E-state index contributed by atoms with van der Waals surface area (Å²) in [5.41, 5.74) is 0.587. The van der Waals surface area contributed by atoms with E-state index in [1.807, 2.05) is 18.2 Å². The van der Waals surface area contributed by atoms with Gasteiger partial charge in [-0.25, -0.2) is 9.18 Å². The van der Waals surface area contributed by atoms with E-state index < -0.39 is 29.5 Å². The number of amides is 3. The van der Waals surface area contributed by atoms with Gasteiger partial charge in [-0.1, -0.05) is 35.9 Å². The minimum atomic E-state index is -1.42. The van der Waals surface area contributed by atoms with Crippen LogP contribution >= 0.6 is 11.6 Å². The summed E-state index contributed by atoms with van der Waals surface area (Å²) < 4.78 is 20.8. The van der Waals surface area contributed by atoms with E-state index in [1.165, 1.54) is 11.0 Å². The maximum absolute atomic E-state index is 14.4. The van der Waals surface area contributed by atoms with Crippen LogP contribution < -0.4 is 20.3 Å². The lowest BCUT2D eigenvalue weighted by atomic mass is 9.78. The van der Waals surface area contributed by atoms with Gasteiger partial charge in [-0.15, -0.1) is 0 Å². The van der Waals surface area contributed by atoms with E-state index in [0.29, 0.717) is 33.3 Å². The second-order valence-corrected chi connectivity index (χ2v) is 8.80. The lowest BCUT2D eigenvalue weighted by Crippen LogP contribution is -2.72. The summed E-state index contributed by atoms with van der Waals surface area (Å²) in [6.07, 6.45) is 0. The zero-order chi connectivity index (χ0) is 23.3. The van der Waals surface area contributed by atoms with Crippen molar-refractivity contribution in [2.75, 3.05) is 10.2 Å². The smallest absolute Gasteiger partial charge is 0.325 e. The number of para-hydroxylation sites is 1. The van der Waals surface area contributed by atoms with Gasteiger partial charge in [-0.3, -0.25) is 9.69 Å². The molecule has 3 aromatic carbocycles. The Labute approximate surface area is 195 Å². The zero-order valence-electron chi connectivity index (χ0n) is 17.9. The molecule has 0 unspecified atom stereocenters. The summed E-state index contributed by atoms with van der Waals surface area (Å²) >= 11 is 5.96. The van der Waals surface area contributed by atoms with Crippen LogP contribution in [0.25, 0.3) is 0 Å². The van der Waals surface area contributed by atoms with Gasteiger partial charge in [0.15, 0.2) is 0 Å². The summed E-state index contributed by atoms with van der Waals surface area (Å²) in [5, 5.41) is 6.39. The number of nitrogens with one attached hydrogen (secondary N) is 2. The number of nitrogens with zero attached hydrogens (tertiary/aromatic N) is 1. The average molecular weight is 466 g/mol. The molecule has 6 nitrogen and oxygen atoms in total. The molecule has 2 aliphatic rings.